The number of rotatable bonds is 4. The molecule has 3 aromatic rings. The molecule has 0 spiro atoms. The summed E-state index contributed by atoms with van der Waals surface area (Å²) in [5.41, 5.74) is 2.25. The molecule has 0 unspecified atom stereocenters. The lowest BCUT2D eigenvalue weighted by molar-refractivity contribution is 0.251. The Labute approximate surface area is 138 Å². The van der Waals surface area contributed by atoms with Gasteiger partial charge in [0.25, 0.3) is 0 Å². The van der Waals surface area contributed by atoms with Crippen molar-refractivity contribution >= 4 is 11.8 Å². The van der Waals surface area contributed by atoms with Crippen LogP contribution in [0.15, 0.2) is 42.6 Å². The van der Waals surface area contributed by atoms with E-state index >= 15 is 0 Å². The summed E-state index contributed by atoms with van der Waals surface area (Å²) in [6.07, 6.45) is 1.67. The van der Waals surface area contributed by atoms with Crippen molar-refractivity contribution in [3.8, 4) is 5.69 Å². The SMILES string of the molecule is Cc1cc(NC(=O)NCc2ccnn2C)nn1-c1cccc(F)c1. The minimum atomic E-state index is -0.375. The molecule has 124 valence electrons. The molecular weight excluding hydrogens is 311 g/mol. The second-order valence-corrected chi connectivity index (χ2v) is 5.32. The van der Waals surface area contributed by atoms with Crippen LogP contribution in [0.25, 0.3) is 5.69 Å². The van der Waals surface area contributed by atoms with Gasteiger partial charge in [0.1, 0.15) is 5.82 Å². The molecule has 0 aliphatic heterocycles. The van der Waals surface area contributed by atoms with Crippen LogP contribution in [0.2, 0.25) is 0 Å². The van der Waals surface area contributed by atoms with Crippen LogP contribution in [0.4, 0.5) is 15.0 Å². The molecule has 0 aliphatic rings. The third-order valence-corrected chi connectivity index (χ3v) is 3.53. The molecule has 8 heteroatoms. The Morgan fingerprint density at radius 1 is 1.29 bits per heavy atom. The molecule has 0 bridgehead atoms. The van der Waals surface area contributed by atoms with Crippen LogP contribution >= 0.6 is 0 Å². The number of carbonyl (C=O) groups is 1. The van der Waals surface area contributed by atoms with Gasteiger partial charge in [-0.1, -0.05) is 6.07 Å². The first-order chi connectivity index (χ1) is 11.5. The van der Waals surface area contributed by atoms with Crippen molar-refractivity contribution in [1.29, 1.82) is 0 Å². The van der Waals surface area contributed by atoms with Gasteiger partial charge < -0.3 is 5.32 Å². The Morgan fingerprint density at radius 2 is 2.12 bits per heavy atom. The molecule has 0 saturated heterocycles. The standard InChI is InChI=1S/C16H17FN6O/c1-11-8-15(21-23(11)13-5-3-4-12(17)9-13)20-16(24)18-10-14-6-7-19-22(14)2/h3-9H,10H2,1-2H3,(H2,18,20,21,24). The fourth-order valence-electron chi connectivity index (χ4n) is 2.31. The van der Waals surface area contributed by atoms with E-state index in [4.69, 9.17) is 0 Å². The second kappa shape index (κ2) is 6.53. The number of carbonyl (C=O) groups excluding carboxylic acids is 1. The van der Waals surface area contributed by atoms with E-state index in [0.29, 0.717) is 18.1 Å². The first-order valence-electron chi connectivity index (χ1n) is 7.37. The molecule has 7 nitrogen and oxygen atoms in total. The largest absolute Gasteiger partial charge is 0.332 e. The number of amides is 2. The van der Waals surface area contributed by atoms with Crippen molar-refractivity contribution in [2.75, 3.05) is 5.32 Å². The number of benzene rings is 1. The van der Waals surface area contributed by atoms with Crippen LogP contribution in [0.1, 0.15) is 11.4 Å². The van der Waals surface area contributed by atoms with Gasteiger partial charge in [-0.3, -0.25) is 10.00 Å². The zero-order chi connectivity index (χ0) is 17.1. The van der Waals surface area contributed by atoms with E-state index < -0.39 is 0 Å². The van der Waals surface area contributed by atoms with Gasteiger partial charge in [-0.2, -0.15) is 5.10 Å². The van der Waals surface area contributed by atoms with E-state index in [2.05, 4.69) is 20.8 Å². The van der Waals surface area contributed by atoms with E-state index in [9.17, 15) is 9.18 Å². The van der Waals surface area contributed by atoms with Crippen molar-refractivity contribution in [3.05, 3.63) is 59.8 Å². The maximum atomic E-state index is 13.3. The van der Waals surface area contributed by atoms with Gasteiger partial charge in [0.05, 0.1) is 17.9 Å². The minimum absolute atomic E-state index is 0.342. The molecule has 2 amide bonds. The van der Waals surface area contributed by atoms with E-state index in [1.807, 2.05) is 13.0 Å². The van der Waals surface area contributed by atoms with Crippen LogP contribution in [-0.2, 0) is 13.6 Å². The number of hydrogen-bond acceptors (Lipinski definition) is 3. The van der Waals surface area contributed by atoms with E-state index in [1.54, 1.807) is 40.8 Å². The summed E-state index contributed by atoms with van der Waals surface area (Å²) in [6, 6.07) is 9.27. The first-order valence-corrected chi connectivity index (χ1v) is 7.37. The van der Waals surface area contributed by atoms with Gasteiger partial charge in [-0.05, 0) is 31.2 Å². The fraction of sp³-hybridized carbons (Fsp3) is 0.188. The van der Waals surface area contributed by atoms with Crippen molar-refractivity contribution < 1.29 is 9.18 Å². The third kappa shape index (κ3) is 3.43. The van der Waals surface area contributed by atoms with Crippen LogP contribution in [0, 0.1) is 12.7 Å². The molecule has 2 aromatic heterocycles. The lowest BCUT2D eigenvalue weighted by Crippen LogP contribution is -2.29. The zero-order valence-corrected chi connectivity index (χ0v) is 13.3. The number of urea groups is 1. The quantitative estimate of drug-likeness (QED) is 0.772. The lowest BCUT2D eigenvalue weighted by Gasteiger charge is -2.06. The highest BCUT2D eigenvalue weighted by Gasteiger charge is 2.10. The van der Waals surface area contributed by atoms with Gasteiger partial charge >= 0.3 is 6.03 Å². The molecule has 0 atom stereocenters. The molecule has 0 fully saturated rings. The van der Waals surface area contributed by atoms with E-state index in [-0.39, 0.29) is 11.8 Å². The van der Waals surface area contributed by atoms with E-state index in [0.717, 1.165) is 11.4 Å². The number of halogens is 1. The molecule has 1 aromatic carbocycles. The summed E-state index contributed by atoms with van der Waals surface area (Å²) < 4.78 is 16.6. The number of nitrogens with one attached hydrogen (secondary N) is 2. The number of anilines is 1. The first kappa shape index (κ1) is 15.7. The average Bonchev–Trinajstić information content (AvgIpc) is 3.11. The Morgan fingerprint density at radius 3 is 2.83 bits per heavy atom. The minimum Gasteiger partial charge on any atom is -0.332 e. The van der Waals surface area contributed by atoms with Gasteiger partial charge in [0.2, 0.25) is 0 Å². The maximum Gasteiger partial charge on any atom is 0.320 e. The molecule has 0 aliphatic carbocycles. The summed E-state index contributed by atoms with van der Waals surface area (Å²) in [7, 11) is 1.80. The smallest absolute Gasteiger partial charge is 0.320 e. The van der Waals surface area contributed by atoms with Gasteiger partial charge in [-0.25, -0.2) is 13.9 Å². The van der Waals surface area contributed by atoms with Gasteiger partial charge in [0.15, 0.2) is 5.82 Å². The normalized spacial score (nSPS) is 10.6. The summed E-state index contributed by atoms with van der Waals surface area (Å²) in [6.45, 7) is 2.18. The predicted octanol–water partition coefficient (Wildman–Crippen LogP) is 2.38. The number of aromatic nitrogens is 4. The Kier molecular flexibility index (Phi) is 4.28. The molecule has 2 N–H and O–H groups in total. The van der Waals surface area contributed by atoms with Crippen molar-refractivity contribution in [2.24, 2.45) is 7.05 Å². The predicted molar refractivity (Wildman–Crippen MR) is 87.3 cm³/mol. The van der Waals surface area contributed by atoms with E-state index in [1.165, 1.54) is 12.1 Å². The van der Waals surface area contributed by atoms with Crippen molar-refractivity contribution in [3.63, 3.8) is 0 Å². The molecule has 24 heavy (non-hydrogen) atoms. The highest BCUT2D eigenvalue weighted by atomic mass is 19.1. The van der Waals surface area contributed by atoms with Crippen molar-refractivity contribution in [1.82, 2.24) is 24.9 Å². The number of nitrogens with zero attached hydrogens (tertiary/aromatic N) is 4. The monoisotopic (exact) mass is 328 g/mol. The van der Waals surface area contributed by atoms with Gasteiger partial charge in [0, 0.05) is 25.0 Å². The Balaban J connectivity index is 1.66. The molecule has 3 rings (SSSR count). The van der Waals surface area contributed by atoms with Crippen LogP contribution < -0.4 is 10.6 Å². The summed E-state index contributed by atoms with van der Waals surface area (Å²) >= 11 is 0. The summed E-state index contributed by atoms with van der Waals surface area (Å²) in [4.78, 5) is 12.0. The fourth-order valence-corrected chi connectivity index (χ4v) is 2.31. The maximum absolute atomic E-state index is 13.3. The second-order valence-electron chi connectivity index (χ2n) is 5.32. The average molecular weight is 328 g/mol. The number of hydrogen-bond donors (Lipinski definition) is 2. The van der Waals surface area contributed by atoms with Crippen LogP contribution in [-0.4, -0.2) is 25.6 Å². The Bertz CT molecular complexity index is 869. The Hall–Kier alpha value is -3.16. The summed E-state index contributed by atoms with van der Waals surface area (Å²) in [5.74, 6) is 0.0464. The van der Waals surface area contributed by atoms with Gasteiger partial charge in [-0.15, -0.1) is 5.10 Å². The molecular formula is C16H17FN6O. The highest BCUT2D eigenvalue weighted by Crippen LogP contribution is 2.15. The molecule has 0 saturated carbocycles. The topological polar surface area (TPSA) is 76.8 Å². The van der Waals surface area contributed by atoms with Crippen LogP contribution in [0.3, 0.4) is 0 Å². The zero-order valence-electron chi connectivity index (χ0n) is 13.3. The number of aryl methyl sites for hydroxylation is 2. The molecule has 2 heterocycles. The molecule has 0 radical (unpaired) electrons. The third-order valence-electron chi connectivity index (χ3n) is 3.53. The van der Waals surface area contributed by atoms with Crippen LogP contribution in [0.5, 0.6) is 0 Å². The lowest BCUT2D eigenvalue weighted by atomic mass is 10.3. The summed E-state index contributed by atoms with van der Waals surface area (Å²) in [5, 5.41) is 13.7. The van der Waals surface area contributed by atoms with Crippen molar-refractivity contribution in [2.45, 2.75) is 13.5 Å². The highest BCUT2D eigenvalue weighted by molar-refractivity contribution is 5.88.